The SMILES string of the molecule is O=S(=O)(CCCNC1CC1)Nc1ccc(F)cc1F. The molecular weight excluding hydrogens is 274 g/mol. The summed E-state index contributed by atoms with van der Waals surface area (Å²) in [6.45, 7) is 0.622. The Morgan fingerprint density at radius 3 is 2.63 bits per heavy atom. The van der Waals surface area contributed by atoms with Crippen molar-refractivity contribution in [3.8, 4) is 0 Å². The standard InChI is InChI=1S/C12H16F2N2O2S/c13-9-2-5-12(11(14)8-9)16-19(17,18)7-1-6-15-10-3-4-10/h2,5,8,10,15-16H,1,3-4,6-7H2. The summed E-state index contributed by atoms with van der Waals surface area (Å²) in [5, 5.41) is 3.20. The van der Waals surface area contributed by atoms with Crippen molar-refractivity contribution in [3.05, 3.63) is 29.8 Å². The van der Waals surface area contributed by atoms with Gasteiger partial charge in [-0.15, -0.1) is 0 Å². The summed E-state index contributed by atoms with van der Waals surface area (Å²) in [5.74, 6) is -1.75. The minimum absolute atomic E-state index is 0.0937. The van der Waals surface area contributed by atoms with Gasteiger partial charge < -0.3 is 5.32 Å². The Labute approximate surface area is 111 Å². The van der Waals surface area contributed by atoms with E-state index in [4.69, 9.17) is 0 Å². The number of anilines is 1. The third kappa shape index (κ3) is 4.76. The van der Waals surface area contributed by atoms with E-state index in [2.05, 4.69) is 10.0 Å². The summed E-state index contributed by atoms with van der Waals surface area (Å²) in [6, 6.07) is 3.26. The molecule has 1 aliphatic carbocycles. The fourth-order valence-corrected chi connectivity index (χ4v) is 2.77. The average Bonchev–Trinajstić information content (AvgIpc) is 3.12. The molecule has 1 fully saturated rings. The Morgan fingerprint density at radius 1 is 1.26 bits per heavy atom. The van der Waals surface area contributed by atoms with E-state index in [1.807, 2.05) is 0 Å². The van der Waals surface area contributed by atoms with Crippen LogP contribution >= 0.6 is 0 Å². The Hall–Kier alpha value is -1.21. The second-order valence-corrected chi connectivity index (χ2v) is 6.47. The molecule has 1 saturated carbocycles. The number of hydrogen-bond acceptors (Lipinski definition) is 3. The fraction of sp³-hybridized carbons (Fsp3) is 0.500. The Balaban J connectivity index is 1.84. The van der Waals surface area contributed by atoms with E-state index < -0.39 is 21.7 Å². The molecule has 0 aliphatic heterocycles. The second kappa shape index (κ2) is 5.83. The van der Waals surface area contributed by atoms with E-state index in [1.165, 1.54) is 0 Å². The fourth-order valence-electron chi connectivity index (χ4n) is 1.65. The smallest absolute Gasteiger partial charge is 0.232 e. The number of halogens is 2. The second-order valence-electron chi connectivity index (χ2n) is 4.63. The van der Waals surface area contributed by atoms with E-state index >= 15 is 0 Å². The molecule has 2 rings (SSSR count). The zero-order valence-corrected chi connectivity index (χ0v) is 11.1. The third-order valence-electron chi connectivity index (χ3n) is 2.80. The highest BCUT2D eigenvalue weighted by molar-refractivity contribution is 7.92. The van der Waals surface area contributed by atoms with Gasteiger partial charge in [-0.2, -0.15) is 0 Å². The molecule has 0 unspecified atom stereocenters. The van der Waals surface area contributed by atoms with Gasteiger partial charge >= 0.3 is 0 Å². The van der Waals surface area contributed by atoms with Gasteiger partial charge in [-0.3, -0.25) is 4.72 Å². The highest BCUT2D eigenvalue weighted by Gasteiger charge is 2.20. The summed E-state index contributed by atoms with van der Waals surface area (Å²) in [5.41, 5.74) is -0.225. The van der Waals surface area contributed by atoms with Gasteiger partial charge in [0.25, 0.3) is 0 Å². The van der Waals surface area contributed by atoms with E-state index in [0.717, 1.165) is 25.0 Å². The van der Waals surface area contributed by atoms with Crippen LogP contribution in [0.4, 0.5) is 14.5 Å². The Kier molecular flexibility index (Phi) is 4.36. The predicted octanol–water partition coefficient (Wildman–Crippen LogP) is 1.85. The normalized spacial score (nSPS) is 15.5. The topological polar surface area (TPSA) is 58.2 Å². The molecule has 0 saturated heterocycles. The van der Waals surface area contributed by atoms with E-state index in [9.17, 15) is 17.2 Å². The van der Waals surface area contributed by atoms with Gasteiger partial charge in [0.1, 0.15) is 11.6 Å². The molecule has 19 heavy (non-hydrogen) atoms. The van der Waals surface area contributed by atoms with Crippen molar-refractivity contribution in [1.29, 1.82) is 0 Å². The number of sulfonamides is 1. The molecule has 2 N–H and O–H groups in total. The molecule has 4 nitrogen and oxygen atoms in total. The van der Waals surface area contributed by atoms with Crippen LogP contribution in [0.3, 0.4) is 0 Å². The molecule has 0 bridgehead atoms. The van der Waals surface area contributed by atoms with Crippen molar-refractivity contribution < 1.29 is 17.2 Å². The van der Waals surface area contributed by atoms with Gasteiger partial charge in [-0.1, -0.05) is 0 Å². The first-order valence-electron chi connectivity index (χ1n) is 6.15. The van der Waals surface area contributed by atoms with Gasteiger partial charge in [0.2, 0.25) is 10.0 Å². The van der Waals surface area contributed by atoms with Gasteiger partial charge in [-0.25, -0.2) is 17.2 Å². The molecule has 1 aliphatic rings. The molecule has 0 amide bonds. The van der Waals surface area contributed by atoms with Gasteiger partial charge in [-0.05, 0) is 37.9 Å². The maximum Gasteiger partial charge on any atom is 0.232 e. The highest BCUT2D eigenvalue weighted by Crippen LogP contribution is 2.19. The van der Waals surface area contributed by atoms with Crippen molar-refractivity contribution in [1.82, 2.24) is 5.32 Å². The first kappa shape index (κ1) is 14.2. The van der Waals surface area contributed by atoms with Gasteiger partial charge in [0.15, 0.2) is 0 Å². The van der Waals surface area contributed by atoms with E-state index in [-0.39, 0.29) is 11.4 Å². The molecule has 7 heteroatoms. The van der Waals surface area contributed by atoms with Crippen molar-refractivity contribution in [2.75, 3.05) is 17.0 Å². The van der Waals surface area contributed by atoms with Crippen LogP contribution in [0, 0.1) is 11.6 Å². The lowest BCUT2D eigenvalue weighted by atomic mass is 10.3. The lowest BCUT2D eigenvalue weighted by molar-refractivity contribution is 0.581. The summed E-state index contributed by atoms with van der Waals surface area (Å²) in [4.78, 5) is 0. The lowest BCUT2D eigenvalue weighted by Gasteiger charge is -2.09. The molecule has 1 aromatic rings. The number of rotatable bonds is 7. The zero-order chi connectivity index (χ0) is 13.9. The third-order valence-corrected chi connectivity index (χ3v) is 4.15. The maximum atomic E-state index is 13.3. The summed E-state index contributed by atoms with van der Waals surface area (Å²) in [7, 11) is -3.60. The predicted molar refractivity (Wildman–Crippen MR) is 69.4 cm³/mol. The quantitative estimate of drug-likeness (QED) is 0.753. The maximum absolute atomic E-state index is 13.3. The Morgan fingerprint density at radius 2 is 2.00 bits per heavy atom. The summed E-state index contributed by atoms with van der Waals surface area (Å²) >= 11 is 0. The average molecular weight is 290 g/mol. The number of benzene rings is 1. The zero-order valence-electron chi connectivity index (χ0n) is 10.3. The van der Waals surface area contributed by atoms with Crippen molar-refractivity contribution in [3.63, 3.8) is 0 Å². The van der Waals surface area contributed by atoms with Crippen molar-refractivity contribution in [2.24, 2.45) is 0 Å². The molecule has 0 heterocycles. The molecule has 0 atom stereocenters. The van der Waals surface area contributed by atoms with Gasteiger partial charge in [0, 0.05) is 12.1 Å². The largest absolute Gasteiger partial charge is 0.314 e. The van der Waals surface area contributed by atoms with E-state index in [0.29, 0.717) is 25.1 Å². The first-order valence-corrected chi connectivity index (χ1v) is 7.80. The minimum atomic E-state index is -3.60. The molecule has 0 spiro atoms. The van der Waals surface area contributed by atoms with Crippen LogP contribution in [0.1, 0.15) is 19.3 Å². The summed E-state index contributed by atoms with van der Waals surface area (Å²) in [6.07, 6.45) is 2.74. The van der Waals surface area contributed by atoms with Crippen LogP contribution in [-0.4, -0.2) is 26.8 Å². The minimum Gasteiger partial charge on any atom is -0.314 e. The van der Waals surface area contributed by atoms with Crippen LogP contribution in [0.25, 0.3) is 0 Å². The van der Waals surface area contributed by atoms with Crippen LogP contribution in [0.2, 0.25) is 0 Å². The van der Waals surface area contributed by atoms with Crippen LogP contribution < -0.4 is 10.0 Å². The van der Waals surface area contributed by atoms with Crippen molar-refractivity contribution >= 4 is 15.7 Å². The van der Waals surface area contributed by atoms with Crippen LogP contribution in [0.15, 0.2) is 18.2 Å². The van der Waals surface area contributed by atoms with E-state index in [1.54, 1.807) is 0 Å². The number of hydrogen-bond donors (Lipinski definition) is 2. The highest BCUT2D eigenvalue weighted by atomic mass is 32.2. The lowest BCUT2D eigenvalue weighted by Crippen LogP contribution is -2.23. The molecular formula is C12H16F2N2O2S. The summed E-state index contributed by atoms with van der Waals surface area (Å²) < 4.78 is 51.5. The molecule has 1 aromatic carbocycles. The van der Waals surface area contributed by atoms with Crippen LogP contribution in [0.5, 0.6) is 0 Å². The first-order chi connectivity index (χ1) is 8.96. The molecule has 0 radical (unpaired) electrons. The van der Waals surface area contributed by atoms with Crippen LogP contribution in [-0.2, 0) is 10.0 Å². The monoisotopic (exact) mass is 290 g/mol. The molecule has 0 aromatic heterocycles. The Bertz CT molecular complexity index is 545. The number of nitrogens with one attached hydrogen (secondary N) is 2. The van der Waals surface area contributed by atoms with Gasteiger partial charge in [0.05, 0.1) is 11.4 Å². The van der Waals surface area contributed by atoms with Crippen molar-refractivity contribution in [2.45, 2.75) is 25.3 Å². The molecule has 106 valence electrons.